The number of hydrogen-bond donors (Lipinski definition) is 1. The van der Waals surface area contributed by atoms with Crippen molar-refractivity contribution in [1.29, 1.82) is 5.26 Å². The van der Waals surface area contributed by atoms with Gasteiger partial charge in [0.1, 0.15) is 0 Å². The largest absolute Gasteiger partial charge is 0.446 e. The number of nitrogens with zero attached hydrogens (tertiary/aromatic N) is 1. The first kappa shape index (κ1) is 16.1. The molecule has 0 aliphatic rings. The van der Waals surface area contributed by atoms with Crippen LogP contribution in [-0.4, -0.2) is 13.9 Å². The standard InChI is InChI=1S/C9H6ClF3N2O2S2/c10-19(16,17)6-1-5(3-14)7(4-15)8(2-6)18-9(11,12)13/h1-2H,4,15H2. The van der Waals surface area contributed by atoms with Crippen molar-refractivity contribution in [3.8, 4) is 6.07 Å². The number of benzene rings is 1. The highest BCUT2D eigenvalue weighted by atomic mass is 35.7. The van der Waals surface area contributed by atoms with Crippen LogP contribution < -0.4 is 5.73 Å². The first-order chi connectivity index (χ1) is 8.58. The van der Waals surface area contributed by atoms with Crippen molar-refractivity contribution >= 4 is 31.5 Å². The van der Waals surface area contributed by atoms with Gasteiger partial charge in [-0.1, -0.05) is 0 Å². The van der Waals surface area contributed by atoms with E-state index >= 15 is 0 Å². The smallest absolute Gasteiger partial charge is 0.326 e. The van der Waals surface area contributed by atoms with Crippen molar-refractivity contribution in [2.75, 3.05) is 0 Å². The second-order valence-corrected chi connectivity index (χ2v) is 6.92. The maximum Gasteiger partial charge on any atom is 0.446 e. The lowest BCUT2D eigenvalue weighted by atomic mass is 10.1. The Kier molecular flexibility index (Phi) is 4.73. The number of nitrogens with two attached hydrogens (primary N) is 1. The second kappa shape index (κ2) is 5.58. The fourth-order valence-electron chi connectivity index (χ4n) is 1.29. The van der Waals surface area contributed by atoms with Crippen LogP contribution in [0.2, 0.25) is 0 Å². The van der Waals surface area contributed by atoms with E-state index in [9.17, 15) is 21.6 Å². The highest BCUT2D eigenvalue weighted by molar-refractivity contribution is 8.13. The van der Waals surface area contributed by atoms with Crippen LogP contribution in [0.1, 0.15) is 11.1 Å². The van der Waals surface area contributed by atoms with E-state index in [0.717, 1.165) is 12.1 Å². The Bertz CT molecular complexity index is 638. The molecule has 19 heavy (non-hydrogen) atoms. The number of rotatable bonds is 3. The molecule has 0 saturated carbocycles. The van der Waals surface area contributed by atoms with Crippen molar-refractivity contribution < 1.29 is 21.6 Å². The van der Waals surface area contributed by atoms with Crippen LogP contribution in [-0.2, 0) is 15.6 Å². The van der Waals surface area contributed by atoms with E-state index in [2.05, 4.69) is 0 Å². The van der Waals surface area contributed by atoms with Crippen molar-refractivity contribution in [2.45, 2.75) is 21.8 Å². The van der Waals surface area contributed by atoms with Gasteiger partial charge in [0, 0.05) is 22.1 Å². The van der Waals surface area contributed by atoms with E-state index in [0.29, 0.717) is 0 Å². The van der Waals surface area contributed by atoms with Gasteiger partial charge in [-0.2, -0.15) is 18.4 Å². The third-order valence-corrected chi connectivity index (χ3v) is 4.16. The van der Waals surface area contributed by atoms with Crippen molar-refractivity contribution in [3.05, 3.63) is 23.3 Å². The average Bonchev–Trinajstić information content (AvgIpc) is 2.24. The van der Waals surface area contributed by atoms with Crippen LogP contribution >= 0.6 is 22.4 Å². The lowest BCUT2D eigenvalue weighted by Gasteiger charge is -2.12. The van der Waals surface area contributed by atoms with Crippen LogP contribution in [0.3, 0.4) is 0 Å². The third kappa shape index (κ3) is 4.28. The first-order valence-electron chi connectivity index (χ1n) is 4.56. The van der Waals surface area contributed by atoms with E-state index < -0.39 is 36.1 Å². The summed E-state index contributed by atoms with van der Waals surface area (Å²) in [5.41, 5.74) is 0.328. The minimum Gasteiger partial charge on any atom is -0.326 e. The summed E-state index contributed by atoms with van der Waals surface area (Å²) in [5.74, 6) is 0. The van der Waals surface area contributed by atoms with Crippen LogP contribution in [0, 0.1) is 11.3 Å². The fraction of sp³-hybridized carbons (Fsp3) is 0.222. The first-order valence-corrected chi connectivity index (χ1v) is 7.68. The zero-order valence-corrected chi connectivity index (χ0v) is 11.4. The number of halogens is 4. The minimum atomic E-state index is -4.63. The molecule has 0 saturated heterocycles. The molecule has 0 aliphatic heterocycles. The Morgan fingerprint density at radius 1 is 1.42 bits per heavy atom. The molecular weight excluding hydrogens is 325 g/mol. The molecule has 1 aromatic rings. The van der Waals surface area contributed by atoms with Gasteiger partial charge < -0.3 is 5.73 Å². The zero-order chi connectivity index (χ0) is 14.8. The van der Waals surface area contributed by atoms with Crippen molar-refractivity contribution in [1.82, 2.24) is 0 Å². The Labute approximate surface area is 115 Å². The van der Waals surface area contributed by atoms with Crippen molar-refractivity contribution in [2.24, 2.45) is 5.73 Å². The SMILES string of the molecule is N#Cc1cc(S(=O)(=O)Cl)cc(SC(F)(F)F)c1CN. The van der Waals surface area contributed by atoms with E-state index in [-0.39, 0.29) is 17.7 Å². The predicted octanol–water partition coefficient (Wildman–Crippen LogP) is 2.56. The van der Waals surface area contributed by atoms with Crippen LogP contribution in [0.25, 0.3) is 0 Å². The van der Waals surface area contributed by atoms with Crippen LogP contribution in [0.15, 0.2) is 21.9 Å². The lowest BCUT2D eigenvalue weighted by molar-refractivity contribution is -0.0328. The average molecular weight is 331 g/mol. The molecule has 0 bridgehead atoms. The summed E-state index contributed by atoms with van der Waals surface area (Å²) in [6, 6.07) is 3.25. The van der Waals surface area contributed by atoms with E-state index in [1.54, 1.807) is 6.07 Å². The molecule has 0 amide bonds. The number of thioether (sulfide) groups is 1. The molecule has 2 N–H and O–H groups in total. The summed E-state index contributed by atoms with van der Waals surface area (Å²) in [4.78, 5) is -1.03. The van der Waals surface area contributed by atoms with E-state index in [4.69, 9.17) is 21.7 Å². The number of nitriles is 1. The number of alkyl halides is 3. The highest BCUT2D eigenvalue weighted by Gasteiger charge is 2.31. The van der Waals surface area contributed by atoms with Gasteiger partial charge in [0.05, 0.1) is 16.5 Å². The monoisotopic (exact) mass is 330 g/mol. The quantitative estimate of drug-likeness (QED) is 0.680. The number of hydrogen-bond acceptors (Lipinski definition) is 5. The lowest BCUT2D eigenvalue weighted by Crippen LogP contribution is -2.07. The zero-order valence-electron chi connectivity index (χ0n) is 9.03. The summed E-state index contributed by atoms with van der Waals surface area (Å²) < 4.78 is 59.4. The topological polar surface area (TPSA) is 84.0 Å². The molecule has 0 aromatic heterocycles. The van der Waals surface area contributed by atoms with Gasteiger partial charge in [0.25, 0.3) is 9.05 Å². The van der Waals surface area contributed by atoms with Crippen LogP contribution in [0.4, 0.5) is 13.2 Å². The Balaban J connectivity index is 3.55. The summed E-state index contributed by atoms with van der Waals surface area (Å²) in [6.45, 7) is -0.329. The van der Waals surface area contributed by atoms with E-state index in [1.165, 1.54) is 0 Å². The maximum atomic E-state index is 12.4. The molecule has 0 heterocycles. The molecule has 0 radical (unpaired) electrons. The maximum absolute atomic E-state index is 12.4. The van der Waals surface area contributed by atoms with Gasteiger partial charge in [0.15, 0.2) is 0 Å². The van der Waals surface area contributed by atoms with Gasteiger partial charge in [0.2, 0.25) is 0 Å². The summed E-state index contributed by atoms with van der Waals surface area (Å²) in [6.07, 6.45) is 0. The highest BCUT2D eigenvalue weighted by Crippen LogP contribution is 2.40. The summed E-state index contributed by atoms with van der Waals surface area (Å²) in [5, 5.41) is 8.83. The molecule has 0 unspecified atom stereocenters. The molecule has 0 fully saturated rings. The fourth-order valence-corrected chi connectivity index (χ4v) is 2.90. The molecule has 0 spiro atoms. The third-order valence-electron chi connectivity index (χ3n) is 2.01. The molecule has 104 valence electrons. The van der Waals surface area contributed by atoms with Crippen molar-refractivity contribution in [3.63, 3.8) is 0 Å². The molecule has 0 aliphatic carbocycles. The van der Waals surface area contributed by atoms with Gasteiger partial charge in [-0.15, -0.1) is 0 Å². The molecule has 1 rings (SSSR count). The van der Waals surface area contributed by atoms with Gasteiger partial charge in [-0.25, -0.2) is 8.42 Å². The van der Waals surface area contributed by atoms with Crippen LogP contribution in [0.5, 0.6) is 0 Å². The van der Waals surface area contributed by atoms with E-state index in [1.807, 2.05) is 0 Å². The molecular formula is C9H6ClF3N2O2S2. The molecule has 1 aromatic carbocycles. The van der Waals surface area contributed by atoms with Gasteiger partial charge in [-0.3, -0.25) is 0 Å². The summed E-state index contributed by atoms with van der Waals surface area (Å²) in [7, 11) is 0.828. The van der Waals surface area contributed by atoms with Gasteiger partial charge >= 0.3 is 5.51 Å². The summed E-state index contributed by atoms with van der Waals surface area (Å²) >= 11 is -0.542. The normalized spacial score (nSPS) is 12.2. The molecule has 10 heteroatoms. The Morgan fingerprint density at radius 3 is 2.37 bits per heavy atom. The Hall–Kier alpha value is -0.950. The minimum absolute atomic E-state index is 0.0751. The molecule has 4 nitrogen and oxygen atoms in total. The second-order valence-electron chi connectivity index (χ2n) is 3.25. The van der Waals surface area contributed by atoms with Gasteiger partial charge in [-0.05, 0) is 29.5 Å². The Morgan fingerprint density at radius 2 is 2.00 bits per heavy atom. The molecule has 0 atom stereocenters. The predicted molar refractivity (Wildman–Crippen MR) is 64.0 cm³/mol.